The van der Waals surface area contributed by atoms with Crippen molar-refractivity contribution in [3.63, 3.8) is 0 Å². The molecule has 38 nitrogen and oxygen atoms in total. The summed E-state index contributed by atoms with van der Waals surface area (Å²) in [6.45, 7) is 11.7. The number of amides is 10. The molecule has 0 radical (unpaired) electrons. The third kappa shape index (κ3) is 28.7. The summed E-state index contributed by atoms with van der Waals surface area (Å²) in [7, 11) is 10.0. The lowest BCUT2D eigenvalue weighted by atomic mass is 9.99. The predicted octanol–water partition coefficient (Wildman–Crippen LogP) is 6.20. The van der Waals surface area contributed by atoms with Crippen molar-refractivity contribution >= 4 is 139 Å². The number of nitrogens with one attached hydrogen (secondary N) is 12. The number of amidine groups is 2. The normalized spacial score (nSPS) is 12.5. The van der Waals surface area contributed by atoms with Crippen LogP contribution in [0.15, 0.2) is 109 Å². The molecule has 652 valence electrons. The van der Waals surface area contributed by atoms with E-state index in [1.54, 1.807) is 76.2 Å². The summed E-state index contributed by atoms with van der Waals surface area (Å²) in [5.41, 5.74) is 5.88. The van der Waals surface area contributed by atoms with Crippen LogP contribution in [0.4, 0.5) is 33.7 Å². The summed E-state index contributed by atoms with van der Waals surface area (Å²) in [5.74, 6) is -3.77. The number of imidazole rings is 3. The number of ether oxygens (including phenoxy) is 5. The molecule has 1 aliphatic rings. The summed E-state index contributed by atoms with van der Waals surface area (Å²) in [5, 5.41) is 46.5. The van der Waals surface area contributed by atoms with E-state index >= 15 is 0 Å². The molecular formula is C82H106ClN23O15S. The van der Waals surface area contributed by atoms with E-state index < -0.39 is 47.4 Å². The maximum atomic E-state index is 13.5. The molecule has 6 aromatic heterocycles. The molecule has 1 atom stereocenters. The highest BCUT2D eigenvalue weighted by Crippen LogP contribution is 2.40. The average molecular weight is 1720 g/mol. The SMILES string of the molecule is CC(=N)N1C(=N)[C@H](CC(=O)Nc2ccc(/C=C/COCCOCCOCCOCCOCCC(=O)NCCCN(C)CCCNC(=O)CCNC(=O)c3nc(NC(=O)CCNC(=O)c4cc(NC(=O)c5nc(NC(=O)CCNC(=O)c6cc(NC(=O)c7nccn7C)cn6C)cn5C)cn4C)cn3C)cc2)N=C(c2ccc(Cl)cc2)c2c1sc(C)c2C. The van der Waals surface area contributed by atoms with Crippen LogP contribution in [0.5, 0.6) is 0 Å². The van der Waals surface area contributed by atoms with Crippen molar-refractivity contribution in [1.29, 1.82) is 10.8 Å². The van der Waals surface area contributed by atoms with Gasteiger partial charge >= 0.3 is 0 Å². The number of aromatic nitrogens is 8. The number of aliphatic imine (C=N–C) groups is 1. The van der Waals surface area contributed by atoms with Crippen LogP contribution in [0.3, 0.4) is 0 Å². The van der Waals surface area contributed by atoms with Gasteiger partial charge in [-0.2, -0.15) is 0 Å². The zero-order valence-electron chi connectivity index (χ0n) is 69.8. The van der Waals surface area contributed by atoms with Crippen molar-refractivity contribution in [3.05, 3.63) is 165 Å². The third-order valence-electron chi connectivity index (χ3n) is 18.9. The maximum Gasteiger partial charge on any atom is 0.291 e. The number of anilines is 6. The highest BCUT2D eigenvalue weighted by molar-refractivity contribution is 7.17. The number of hydrogen-bond acceptors (Lipinski definition) is 23. The Morgan fingerprint density at radius 2 is 1.02 bits per heavy atom. The Labute approximate surface area is 714 Å². The van der Waals surface area contributed by atoms with Crippen molar-refractivity contribution in [3.8, 4) is 0 Å². The first-order chi connectivity index (χ1) is 58.6. The molecule has 0 fully saturated rings. The van der Waals surface area contributed by atoms with Crippen LogP contribution >= 0.6 is 22.9 Å². The van der Waals surface area contributed by atoms with Gasteiger partial charge in [0.2, 0.25) is 41.2 Å². The number of thiophene rings is 1. The Kier molecular flexibility index (Phi) is 36.0. The largest absolute Gasteiger partial charge is 0.379 e. The lowest BCUT2D eigenvalue weighted by Crippen LogP contribution is -2.41. The van der Waals surface area contributed by atoms with Gasteiger partial charge < -0.3 is 105 Å². The molecule has 0 bridgehead atoms. The van der Waals surface area contributed by atoms with Gasteiger partial charge in [-0.15, -0.1) is 11.3 Å². The lowest BCUT2D eigenvalue weighted by molar-refractivity contribution is -0.122. The van der Waals surface area contributed by atoms with Crippen LogP contribution in [-0.2, 0) is 82.9 Å². The van der Waals surface area contributed by atoms with Gasteiger partial charge in [0, 0.05) is 158 Å². The first-order valence-corrected chi connectivity index (χ1v) is 40.8. The molecule has 40 heteroatoms. The monoisotopic (exact) mass is 1720 g/mol. The Balaban J connectivity index is 0.519. The van der Waals surface area contributed by atoms with Crippen molar-refractivity contribution in [2.75, 3.05) is 150 Å². The number of carbonyl (C=O) groups is 10. The van der Waals surface area contributed by atoms with Gasteiger partial charge in [-0.05, 0) is 101 Å². The summed E-state index contributed by atoms with van der Waals surface area (Å²) >= 11 is 7.73. The van der Waals surface area contributed by atoms with Gasteiger partial charge in [-0.25, -0.2) is 15.0 Å². The van der Waals surface area contributed by atoms with Crippen LogP contribution < -0.4 is 58.1 Å². The minimum atomic E-state index is -0.848. The molecule has 9 rings (SSSR count). The average Bonchev–Trinajstić information content (AvgIpc) is 1.60. The summed E-state index contributed by atoms with van der Waals surface area (Å²) < 4.78 is 35.4. The third-order valence-corrected chi connectivity index (χ3v) is 20.3. The highest BCUT2D eigenvalue weighted by atomic mass is 35.5. The molecule has 0 saturated heterocycles. The zero-order chi connectivity index (χ0) is 87.8. The van der Waals surface area contributed by atoms with Crippen LogP contribution in [0.25, 0.3) is 6.08 Å². The van der Waals surface area contributed by atoms with Crippen molar-refractivity contribution < 1.29 is 71.6 Å². The van der Waals surface area contributed by atoms with E-state index in [0.29, 0.717) is 108 Å². The van der Waals surface area contributed by atoms with Crippen LogP contribution in [0.2, 0.25) is 5.02 Å². The number of nitrogens with zero attached hydrogens (tertiary/aromatic N) is 11. The maximum absolute atomic E-state index is 13.5. The lowest BCUT2D eigenvalue weighted by Gasteiger charge is -2.24. The van der Waals surface area contributed by atoms with Crippen molar-refractivity contribution in [2.24, 2.45) is 40.2 Å². The van der Waals surface area contributed by atoms with E-state index in [0.717, 1.165) is 45.1 Å². The molecule has 10 amide bonds. The Hall–Kier alpha value is -12.4. The molecule has 0 saturated carbocycles. The molecule has 7 heterocycles. The Morgan fingerprint density at radius 3 is 1.55 bits per heavy atom. The molecule has 1 aliphatic heterocycles. The van der Waals surface area contributed by atoms with Gasteiger partial charge in [0.1, 0.15) is 34.1 Å². The molecule has 0 spiro atoms. The molecule has 122 heavy (non-hydrogen) atoms. The van der Waals surface area contributed by atoms with Gasteiger partial charge in [0.15, 0.2) is 17.5 Å². The van der Waals surface area contributed by atoms with Gasteiger partial charge in [0.05, 0.1) is 89.6 Å². The predicted molar refractivity (Wildman–Crippen MR) is 463 cm³/mol. The van der Waals surface area contributed by atoms with E-state index in [1.165, 1.54) is 66.5 Å². The van der Waals surface area contributed by atoms with E-state index in [2.05, 4.69) is 73.0 Å². The minimum absolute atomic E-state index is 0.00452. The summed E-state index contributed by atoms with van der Waals surface area (Å²) in [4.78, 5) is 151. The van der Waals surface area contributed by atoms with Crippen LogP contribution in [-0.4, -0.2) is 244 Å². The second kappa shape index (κ2) is 47.0. The first kappa shape index (κ1) is 93.5. The van der Waals surface area contributed by atoms with E-state index in [1.807, 2.05) is 69.4 Å². The number of aryl methyl sites for hydroxylation is 6. The number of benzene rings is 2. The van der Waals surface area contributed by atoms with Gasteiger partial charge in [-0.1, -0.05) is 48.0 Å². The zero-order valence-corrected chi connectivity index (χ0v) is 71.3. The molecule has 0 aliphatic carbocycles. The highest BCUT2D eigenvalue weighted by Gasteiger charge is 2.35. The molecular weight excluding hydrogens is 1610 g/mol. The number of hydrogen-bond donors (Lipinski definition) is 12. The summed E-state index contributed by atoms with van der Waals surface area (Å²) in [6.07, 6.45) is 14.2. The van der Waals surface area contributed by atoms with Crippen molar-refractivity contribution in [1.82, 2.24) is 69.3 Å². The van der Waals surface area contributed by atoms with Crippen LogP contribution in [0.1, 0.15) is 132 Å². The van der Waals surface area contributed by atoms with Crippen molar-refractivity contribution in [2.45, 2.75) is 71.8 Å². The second-order valence-corrected chi connectivity index (χ2v) is 30.1. The van der Waals surface area contributed by atoms with E-state index in [4.69, 9.17) is 45.7 Å². The van der Waals surface area contributed by atoms with E-state index in [-0.39, 0.29) is 134 Å². The summed E-state index contributed by atoms with van der Waals surface area (Å²) in [6, 6.07) is 16.8. The first-order valence-electron chi connectivity index (χ1n) is 39.6. The molecule has 12 N–H and O–H groups in total. The number of carbonyl (C=O) groups excluding carboxylic acids is 10. The van der Waals surface area contributed by atoms with E-state index in [9.17, 15) is 53.4 Å². The standard InChI is InChI=1S/C82H106ClN23O15S/c1-52-53(2)122-82-71(52)72(56-16-18-57(83)19-17-56)95-61(73(85)106(82)54(3)84)47-70(111)92-58-20-14-55(15-21-58)13-10-35-117-37-39-119-41-43-121-44-42-120-40-38-118-36-25-67(108)87-27-12-33-100(4)32-11-26-86-66(107)22-28-91-79(114)75-98-64(50-104(75)8)96-68(109)23-29-90-78(113)63-46-60(49-103(63)7)94-81(116)76-99-65(51-105(76)9)97-69(110)24-30-89-77(112)62-45-59(48-102(62)6)93-80(115)74-88-31-34-101(74)5/h10,13-21,31,34,45-46,48-51,61,84-85H,11-12,22-30,32-33,35-44,47H2,1-9H3,(H,86,107)(H,87,108)(H,89,112)(H,90,113)(H,91,114)(H,92,111)(H,93,115)(H,94,116)(H,96,109)(H,97,110)/b13-10+,84-54?,85-73?/t61-/m0/s1. The second-order valence-electron chi connectivity index (χ2n) is 28.5. The smallest absolute Gasteiger partial charge is 0.291 e. The molecule has 2 aromatic carbocycles. The minimum Gasteiger partial charge on any atom is -0.379 e. The molecule has 8 aromatic rings. The molecule has 0 unspecified atom stereocenters. The quantitative estimate of drug-likeness (QED) is 0.0115. The topological polar surface area (TPSA) is 467 Å². The Bertz CT molecular complexity index is 5060. The number of fused-ring (bicyclic) bond motifs is 1. The number of rotatable bonds is 48. The van der Waals surface area contributed by atoms with Crippen LogP contribution in [0, 0.1) is 24.7 Å². The fourth-order valence-corrected chi connectivity index (χ4v) is 13.8. The fourth-order valence-electron chi connectivity index (χ4n) is 12.5. The van der Waals surface area contributed by atoms with Gasteiger partial charge in [0.25, 0.3) is 29.5 Å². The Morgan fingerprint density at radius 1 is 0.533 bits per heavy atom. The van der Waals surface area contributed by atoms with Gasteiger partial charge in [-0.3, -0.25) is 68.7 Å². The fraction of sp³-hybridized carbons (Fsp3) is 0.415. The number of halogens is 1.